The molecule has 0 aromatic heterocycles. The van der Waals surface area contributed by atoms with Gasteiger partial charge in [-0.2, -0.15) is 0 Å². The fourth-order valence-electron chi connectivity index (χ4n) is 1.54. The third-order valence-electron chi connectivity index (χ3n) is 2.77. The Kier molecular flexibility index (Phi) is 4.44. The van der Waals surface area contributed by atoms with Crippen molar-refractivity contribution in [1.29, 1.82) is 0 Å². The molecule has 0 radical (unpaired) electrons. The molecule has 0 heterocycles. The van der Waals surface area contributed by atoms with Gasteiger partial charge in [-0.05, 0) is 19.9 Å². The number of hydrogen-bond donors (Lipinski definition) is 0. The highest BCUT2D eigenvalue weighted by atomic mass is 35.5. The highest BCUT2D eigenvalue weighted by Gasteiger charge is 2.27. The van der Waals surface area contributed by atoms with E-state index in [1.165, 1.54) is 6.26 Å². The number of sulfone groups is 1. The maximum Gasteiger partial charge on any atom is 0.151 e. The normalized spacial score (nSPS) is 15.4. The van der Waals surface area contributed by atoms with Crippen LogP contribution in [0.2, 0.25) is 0 Å². The maximum atomic E-state index is 11.5. The molecule has 3 nitrogen and oxygen atoms in total. The number of rotatable bonds is 4. The van der Waals surface area contributed by atoms with Gasteiger partial charge in [-0.3, -0.25) is 0 Å². The van der Waals surface area contributed by atoms with Gasteiger partial charge in [0.05, 0.1) is 17.7 Å². The summed E-state index contributed by atoms with van der Waals surface area (Å²) < 4.78 is 28.2. The van der Waals surface area contributed by atoms with E-state index in [4.69, 9.17) is 16.3 Å². The van der Waals surface area contributed by atoms with Gasteiger partial charge in [-0.1, -0.05) is 17.7 Å². The highest BCUT2D eigenvalue weighted by Crippen LogP contribution is 2.35. The Labute approximate surface area is 108 Å². The number of benzene rings is 1. The molecule has 0 aliphatic carbocycles. The molecule has 2 atom stereocenters. The van der Waals surface area contributed by atoms with Crippen LogP contribution >= 0.6 is 11.6 Å². The van der Waals surface area contributed by atoms with Crippen molar-refractivity contribution >= 4 is 21.4 Å². The molecule has 0 amide bonds. The first kappa shape index (κ1) is 14.3. The smallest absolute Gasteiger partial charge is 0.151 e. The summed E-state index contributed by atoms with van der Waals surface area (Å²) in [6, 6.07) is 5.56. The van der Waals surface area contributed by atoms with Crippen molar-refractivity contribution in [3.05, 3.63) is 29.3 Å². The van der Waals surface area contributed by atoms with Crippen molar-refractivity contribution in [2.45, 2.75) is 24.5 Å². The zero-order chi connectivity index (χ0) is 13.2. The second kappa shape index (κ2) is 5.27. The lowest BCUT2D eigenvalue weighted by Gasteiger charge is -2.19. The predicted octanol–water partition coefficient (Wildman–Crippen LogP) is 2.72. The topological polar surface area (TPSA) is 43.4 Å². The molecule has 0 bridgehead atoms. The van der Waals surface area contributed by atoms with Crippen molar-refractivity contribution in [2.75, 3.05) is 13.4 Å². The summed E-state index contributed by atoms with van der Waals surface area (Å²) in [7, 11) is -1.63. The predicted molar refractivity (Wildman–Crippen MR) is 70.6 cm³/mol. The fraction of sp³-hybridized carbons (Fsp3) is 0.500. The summed E-state index contributed by atoms with van der Waals surface area (Å²) in [4.78, 5) is 0. The summed E-state index contributed by atoms with van der Waals surface area (Å²) in [5.41, 5.74) is 1.74. The van der Waals surface area contributed by atoms with Crippen molar-refractivity contribution in [3.8, 4) is 5.75 Å². The van der Waals surface area contributed by atoms with Crippen LogP contribution < -0.4 is 4.74 Å². The molecule has 1 aromatic rings. The monoisotopic (exact) mass is 276 g/mol. The van der Waals surface area contributed by atoms with E-state index >= 15 is 0 Å². The van der Waals surface area contributed by atoms with E-state index in [9.17, 15) is 8.42 Å². The van der Waals surface area contributed by atoms with Gasteiger partial charge >= 0.3 is 0 Å². The van der Waals surface area contributed by atoms with E-state index in [0.717, 1.165) is 5.56 Å². The number of halogens is 1. The second-order valence-electron chi connectivity index (χ2n) is 4.18. The Hall–Kier alpha value is -0.740. The van der Waals surface area contributed by atoms with Crippen molar-refractivity contribution in [3.63, 3.8) is 0 Å². The molecule has 1 rings (SSSR count). The average Bonchev–Trinajstić information content (AvgIpc) is 2.25. The minimum Gasteiger partial charge on any atom is -0.496 e. The fourth-order valence-corrected chi connectivity index (χ4v) is 2.85. The van der Waals surface area contributed by atoms with Gasteiger partial charge in [0.25, 0.3) is 0 Å². The molecule has 96 valence electrons. The molecule has 0 N–H and O–H groups in total. The number of hydrogen-bond acceptors (Lipinski definition) is 3. The van der Waals surface area contributed by atoms with E-state index < -0.39 is 20.5 Å². The summed E-state index contributed by atoms with van der Waals surface area (Å²) in [6.45, 7) is 3.53. The molecule has 0 spiro atoms. The van der Waals surface area contributed by atoms with Crippen LogP contribution in [-0.2, 0) is 9.84 Å². The highest BCUT2D eigenvalue weighted by molar-refractivity contribution is 7.91. The van der Waals surface area contributed by atoms with Gasteiger partial charge in [-0.15, -0.1) is 11.6 Å². The average molecular weight is 277 g/mol. The molecule has 0 saturated carbocycles. The van der Waals surface area contributed by atoms with Crippen LogP contribution in [0.3, 0.4) is 0 Å². The van der Waals surface area contributed by atoms with Crippen LogP contribution in [0.4, 0.5) is 0 Å². The first-order valence-electron chi connectivity index (χ1n) is 5.25. The van der Waals surface area contributed by atoms with Gasteiger partial charge in [0.1, 0.15) is 5.75 Å². The molecule has 0 aliphatic rings. The quantitative estimate of drug-likeness (QED) is 0.794. The van der Waals surface area contributed by atoms with Crippen LogP contribution in [0.1, 0.15) is 23.4 Å². The van der Waals surface area contributed by atoms with Gasteiger partial charge in [0.2, 0.25) is 0 Å². The third kappa shape index (κ3) is 3.36. The van der Waals surface area contributed by atoms with E-state index in [-0.39, 0.29) is 0 Å². The molecule has 1 aromatic carbocycles. The molecule has 2 unspecified atom stereocenters. The van der Waals surface area contributed by atoms with Crippen LogP contribution in [-0.4, -0.2) is 27.0 Å². The van der Waals surface area contributed by atoms with Crippen LogP contribution in [0.15, 0.2) is 18.2 Å². The van der Waals surface area contributed by atoms with Gasteiger partial charge in [-0.25, -0.2) is 8.42 Å². The molecular formula is C12H17ClO3S. The van der Waals surface area contributed by atoms with E-state index in [1.807, 2.05) is 19.1 Å². The molecule has 17 heavy (non-hydrogen) atoms. The molecule has 0 aliphatic heterocycles. The molecule has 0 fully saturated rings. The summed E-state index contributed by atoms with van der Waals surface area (Å²) in [5, 5.41) is -1.26. The largest absolute Gasteiger partial charge is 0.496 e. The van der Waals surface area contributed by atoms with Crippen LogP contribution in [0, 0.1) is 6.92 Å². The number of aryl methyl sites for hydroxylation is 1. The zero-order valence-electron chi connectivity index (χ0n) is 10.4. The maximum absolute atomic E-state index is 11.5. The number of alkyl halides is 1. The Balaban J connectivity index is 3.19. The minimum absolute atomic E-state index is 0.611. The summed E-state index contributed by atoms with van der Waals surface area (Å²) in [6.07, 6.45) is 1.19. The Bertz CT molecular complexity index is 496. The van der Waals surface area contributed by atoms with Crippen LogP contribution in [0.5, 0.6) is 5.75 Å². The Morgan fingerprint density at radius 3 is 2.41 bits per heavy atom. The van der Waals surface area contributed by atoms with Crippen molar-refractivity contribution in [1.82, 2.24) is 0 Å². The lowest BCUT2D eigenvalue weighted by molar-refractivity contribution is 0.408. The first-order chi connectivity index (χ1) is 7.77. The van der Waals surface area contributed by atoms with E-state index in [0.29, 0.717) is 11.3 Å². The number of ether oxygens (including phenoxy) is 1. The first-order valence-corrected chi connectivity index (χ1v) is 7.64. The Morgan fingerprint density at radius 1 is 1.35 bits per heavy atom. The zero-order valence-corrected chi connectivity index (χ0v) is 12.0. The standard InChI is InChI=1S/C12H17ClO3S/c1-8-5-6-11(16-3)10(7-8)12(13)9(2)17(4,14)15/h5-7,9,12H,1-4H3. The van der Waals surface area contributed by atoms with Gasteiger partial charge in [0, 0.05) is 11.8 Å². The third-order valence-corrected chi connectivity index (χ3v) is 5.16. The molecule has 5 heteroatoms. The lowest BCUT2D eigenvalue weighted by Crippen LogP contribution is -2.21. The summed E-state index contributed by atoms with van der Waals surface area (Å²) in [5.74, 6) is 0.617. The Morgan fingerprint density at radius 2 is 1.94 bits per heavy atom. The lowest BCUT2D eigenvalue weighted by atomic mass is 10.1. The van der Waals surface area contributed by atoms with E-state index in [2.05, 4.69) is 0 Å². The summed E-state index contributed by atoms with van der Waals surface area (Å²) >= 11 is 6.24. The molecule has 0 saturated heterocycles. The van der Waals surface area contributed by atoms with Crippen molar-refractivity contribution < 1.29 is 13.2 Å². The van der Waals surface area contributed by atoms with Gasteiger partial charge in [0.15, 0.2) is 9.84 Å². The van der Waals surface area contributed by atoms with Crippen LogP contribution in [0.25, 0.3) is 0 Å². The van der Waals surface area contributed by atoms with E-state index in [1.54, 1.807) is 20.1 Å². The SMILES string of the molecule is COc1ccc(C)cc1C(Cl)C(C)S(C)(=O)=O. The van der Waals surface area contributed by atoms with Gasteiger partial charge < -0.3 is 4.74 Å². The second-order valence-corrected chi connectivity index (χ2v) is 7.05. The number of methoxy groups -OCH3 is 1. The minimum atomic E-state index is -3.18. The molecular weight excluding hydrogens is 260 g/mol. The van der Waals surface area contributed by atoms with Crippen molar-refractivity contribution in [2.24, 2.45) is 0 Å².